The standard InChI is InChI=1S/C17H23N3O6/c1-10(2)7-12(20-17(18)23)16(22)26-9-15(21)19-11-3-4-13-14(8-11)25-6-5-24-13/h3-4,8,10,12H,5-7,9H2,1-2H3,(H,19,21)(H3,18,20,23)/t12-/m1/s1. The van der Waals surface area contributed by atoms with Gasteiger partial charge in [-0.2, -0.15) is 0 Å². The Morgan fingerprint density at radius 1 is 1.19 bits per heavy atom. The Morgan fingerprint density at radius 2 is 1.88 bits per heavy atom. The van der Waals surface area contributed by atoms with E-state index in [0.29, 0.717) is 36.8 Å². The van der Waals surface area contributed by atoms with E-state index in [9.17, 15) is 14.4 Å². The predicted octanol–water partition coefficient (Wildman–Crippen LogP) is 1.02. The zero-order chi connectivity index (χ0) is 19.1. The van der Waals surface area contributed by atoms with Gasteiger partial charge in [-0.1, -0.05) is 13.8 Å². The third kappa shape index (κ3) is 5.83. The molecular weight excluding hydrogens is 342 g/mol. The third-order valence-corrected chi connectivity index (χ3v) is 3.48. The molecule has 0 saturated carbocycles. The van der Waals surface area contributed by atoms with E-state index in [1.54, 1.807) is 18.2 Å². The summed E-state index contributed by atoms with van der Waals surface area (Å²) in [5, 5.41) is 4.92. The van der Waals surface area contributed by atoms with Crippen molar-refractivity contribution in [3.8, 4) is 11.5 Å². The van der Waals surface area contributed by atoms with Gasteiger partial charge in [0, 0.05) is 11.8 Å². The molecule has 2 rings (SSSR count). The van der Waals surface area contributed by atoms with Crippen LogP contribution in [0.5, 0.6) is 11.5 Å². The molecule has 1 aromatic carbocycles. The predicted molar refractivity (Wildman–Crippen MR) is 93.0 cm³/mol. The van der Waals surface area contributed by atoms with Crippen LogP contribution in [0.1, 0.15) is 20.3 Å². The Kier molecular flexibility index (Phi) is 6.65. The minimum atomic E-state index is -0.894. The Balaban J connectivity index is 1.86. The first-order valence-corrected chi connectivity index (χ1v) is 8.27. The molecule has 26 heavy (non-hydrogen) atoms. The minimum absolute atomic E-state index is 0.131. The highest BCUT2D eigenvalue weighted by molar-refractivity contribution is 5.93. The van der Waals surface area contributed by atoms with Crippen LogP contribution in [0.3, 0.4) is 0 Å². The second-order valence-electron chi connectivity index (χ2n) is 6.21. The van der Waals surface area contributed by atoms with Gasteiger partial charge in [-0.3, -0.25) is 4.79 Å². The van der Waals surface area contributed by atoms with Crippen molar-refractivity contribution < 1.29 is 28.6 Å². The number of nitrogens with two attached hydrogens (primary N) is 1. The molecule has 0 spiro atoms. The highest BCUT2D eigenvalue weighted by Gasteiger charge is 2.23. The summed E-state index contributed by atoms with van der Waals surface area (Å²) >= 11 is 0. The summed E-state index contributed by atoms with van der Waals surface area (Å²) in [5.41, 5.74) is 5.55. The monoisotopic (exact) mass is 365 g/mol. The number of carbonyl (C=O) groups is 3. The number of esters is 1. The number of amides is 3. The molecule has 1 heterocycles. The summed E-state index contributed by atoms with van der Waals surface area (Å²) < 4.78 is 15.8. The first kappa shape index (κ1) is 19.4. The van der Waals surface area contributed by atoms with Gasteiger partial charge in [0.1, 0.15) is 19.3 Å². The molecule has 0 fully saturated rings. The van der Waals surface area contributed by atoms with Crippen LogP contribution in [-0.2, 0) is 14.3 Å². The summed E-state index contributed by atoms with van der Waals surface area (Å²) in [7, 11) is 0. The maximum absolute atomic E-state index is 12.1. The van der Waals surface area contributed by atoms with Crippen LogP contribution >= 0.6 is 0 Å². The lowest BCUT2D eigenvalue weighted by atomic mass is 10.0. The number of carbonyl (C=O) groups excluding carboxylic acids is 3. The maximum Gasteiger partial charge on any atom is 0.329 e. The molecule has 0 unspecified atom stereocenters. The molecule has 0 saturated heterocycles. The second-order valence-corrected chi connectivity index (χ2v) is 6.21. The molecule has 1 aromatic rings. The Labute approximate surface area is 151 Å². The molecule has 4 N–H and O–H groups in total. The van der Waals surface area contributed by atoms with Gasteiger partial charge in [-0.25, -0.2) is 9.59 Å². The molecule has 1 atom stereocenters. The van der Waals surface area contributed by atoms with Crippen LogP contribution in [0.2, 0.25) is 0 Å². The zero-order valence-electron chi connectivity index (χ0n) is 14.7. The van der Waals surface area contributed by atoms with Crippen LogP contribution in [0.15, 0.2) is 18.2 Å². The van der Waals surface area contributed by atoms with Crippen LogP contribution in [0, 0.1) is 5.92 Å². The van der Waals surface area contributed by atoms with E-state index in [2.05, 4.69) is 10.6 Å². The van der Waals surface area contributed by atoms with E-state index in [1.165, 1.54) is 0 Å². The van der Waals surface area contributed by atoms with Crippen LogP contribution in [0.4, 0.5) is 10.5 Å². The van der Waals surface area contributed by atoms with E-state index in [-0.39, 0.29) is 5.92 Å². The van der Waals surface area contributed by atoms with Gasteiger partial charge in [0.15, 0.2) is 18.1 Å². The lowest BCUT2D eigenvalue weighted by molar-refractivity contribution is -0.149. The van der Waals surface area contributed by atoms with E-state index >= 15 is 0 Å². The van der Waals surface area contributed by atoms with Crippen molar-refractivity contribution >= 4 is 23.6 Å². The fourth-order valence-corrected chi connectivity index (χ4v) is 2.41. The highest BCUT2D eigenvalue weighted by Crippen LogP contribution is 2.32. The number of urea groups is 1. The number of hydrogen-bond acceptors (Lipinski definition) is 6. The third-order valence-electron chi connectivity index (χ3n) is 3.48. The summed E-state index contributed by atoms with van der Waals surface area (Å²) in [6.45, 7) is 4.20. The topological polar surface area (TPSA) is 129 Å². The van der Waals surface area contributed by atoms with E-state index in [0.717, 1.165) is 0 Å². The Hall–Kier alpha value is -2.97. The molecule has 0 radical (unpaired) electrons. The van der Waals surface area contributed by atoms with Crippen LogP contribution in [-0.4, -0.2) is 43.8 Å². The highest BCUT2D eigenvalue weighted by atomic mass is 16.6. The minimum Gasteiger partial charge on any atom is -0.486 e. The SMILES string of the molecule is CC(C)C[C@@H](NC(N)=O)C(=O)OCC(=O)Nc1ccc2c(c1)OCCO2. The summed E-state index contributed by atoms with van der Waals surface area (Å²) in [4.78, 5) is 35.0. The van der Waals surface area contributed by atoms with E-state index in [4.69, 9.17) is 19.9 Å². The number of anilines is 1. The van der Waals surface area contributed by atoms with Crippen LogP contribution < -0.4 is 25.8 Å². The molecule has 9 nitrogen and oxygen atoms in total. The van der Waals surface area contributed by atoms with E-state index in [1.807, 2.05) is 13.8 Å². The summed E-state index contributed by atoms with van der Waals surface area (Å²) in [6.07, 6.45) is 0.353. The molecule has 1 aliphatic rings. The largest absolute Gasteiger partial charge is 0.486 e. The summed E-state index contributed by atoms with van der Waals surface area (Å²) in [5.74, 6) is 0.0431. The number of ether oxygens (including phenoxy) is 3. The van der Waals surface area contributed by atoms with Crippen molar-refractivity contribution in [1.82, 2.24) is 5.32 Å². The number of fused-ring (bicyclic) bond motifs is 1. The van der Waals surface area contributed by atoms with Crippen LogP contribution in [0.25, 0.3) is 0 Å². The van der Waals surface area contributed by atoms with E-state index < -0.39 is 30.6 Å². The molecule has 3 amide bonds. The number of primary amides is 1. The quantitative estimate of drug-likeness (QED) is 0.619. The molecular formula is C17H23N3O6. The first-order valence-electron chi connectivity index (χ1n) is 8.27. The number of benzene rings is 1. The Bertz CT molecular complexity index is 676. The van der Waals surface area contributed by atoms with Gasteiger partial charge in [-0.15, -0.1) is 0 Å². The number of hydrogen-bond donors (Lipinski definition) is 3. The number of rotatable bonds is 7. The average molecular weight is 365 g/mol. The number of nitrogens with one attached hydrogen (secondary N) is 2. The molecule has 9 heteroatoms. The van der Waals surface area contributed by atoms with Gasteiger partial charge in [0.05, 0.1) is 0 Å². The molecule has 0 aliphatic carbocycles. The first-order chi connectivity index (χ1) is 12.3. The van der Waals surface area contributed by atoms with Gasteiger partial charge in [0.2, 0.25) is 0 Å². The molecule has 0 aromatic heterocycles. The van der Waals surface area contributed by atoms with Gasteiger partial charge in [0.25, 0.3) is 5.91 Å². The van der Waals surface area contributed by atoms with Gasteiger partial charge >= 0.3 is 12.0 Å². The van der Waals surface area contributed by atoms with Crippen molar-refractivity contribution in [2.45, 2.75) is 26.3 Å². The second kappa shape index (κ2) is 8.93. The normalized spacial score (nSPS) is 13.7. The summed E-state index contributed by atoms with van der Waals surface area (Å²) in [6, 6.07) is 3.25. The average Bonchev–Trinajstić information content (AvgIpc) is 2.58. The lowest BCUT2D eigenvalue weighted by Crippen LogP contribution is -2.45. The smallest absolute Gasteiger partial charge is 0.329 e. The molecule has 142 valence electrons. The zero-order valence-corrected chi connectivity index (χ0v) is 14.7. The fraction of sp³-hybridized carbons (Fsp3) is 0.471. The maximum atomic E-state index is 12.1. The molecule has 1 aliphatic heterocycles. The van der Waals surface area contributed by atoms with Crippen molar-refractivity contribution in [2.75, 3.05) is 25.1 Å². The van der Waals surface area contributed by atoms with Crippen molar-refractivity contribution in [3.05, 3.63) is 18.2 Å². The van der Waals surface area contributed by atoms with Crippen molar-refractivity contribution in [3.63, 3.8) is 0 Å². The van der Waals surface area contributed by atoms with Crippen molar-refractivity contribution in [1.29, 1.82) is 0 Å². The van der Waals surface area contributed by atoms with Gasteiger partial charge < -0.3 is 30.6 Å². The fourth-order valence-electron chi connectivity index (χ4n) is 2.41. The molecule has 0 bridgehead atoms. The lowest BCUT2D eigenvalue weighted by Gasteiger charge is -2.19. The Morgan fingerprint density at radius 3 is 2.54 bits per heavy atom. The van der Waals surface area contributed by atoms with Crippen molar-refractivity contribution in [2.24, 2.45) is 11.7 Å². The van der Waals surface area contributed by atoms with Gasteiger partial charge in [-0.05, 0) is 24.5 Å².